The van der Waals surface area contributed by atoms with Gasteiger partial charge in [-0.25, -0.2) is 0 Å². The number of amides is 1. The Morgan fingerprint density at radius 3 is 2.80 bits per heavy atom. The molecular weight excluding hydrogens is 276 g/mol. The van der Waals surface area contributed by atoms with E-state index in [0.29, 0.717) is 16.4 Å². The number of carbonyl (C=O) groups is 1. The van der Waals surface area contributed by atoms with Gasteiger partial charge in [-0.1, -0.05) is 30.9 Å². The predicted molar refractivity (Wildman–Crippen MR) is 81.9 cm³/mol. The van der Waals surface area contributed by atoms with Crippen LogP contribution in [0, 0.1) is 0 Å². The average Bonchev–Trinajstić information content (AvgIpc) is 2.44. The quantitative estimate of drug-likeness (QED) is 0.834. The topological polar surface area (TPSA) is 64.3 Å². The Balaban J connectivity index is 1.91. The molecule has 0 radical (unpaired) electrons. The van der Waals surface area contributed by atoms with Crippen LogP contribution in [0.1, 0.15) is 39.0 Å². The van der Waals surface area contributed by atoms with Crippen molar-refractivity contribution < 1.29 is 9.53 Å². The third kappa shape index (κ3) is 4.12. The molecule has 110 valence electrons. The van der Waals surface area contributed by atoms with Gasteiger partial charge in [-0.15, -0.1) is 0 Å². The molecule has 0 saturated heterocycles. The minimum absolute atomic E-state index is 0.190. The van der Waals surface area contributed by atoms with Gasteiger partial charge in [-0.3, -0.25) is 4.79 Å². The van der Waals surface area contributed by atoms with Crippen molar-refractivity contribution in [2.75, 3.05) is 11.1 Å². The Morgan fingerprint density at radius 2 is 2.10 bits per heavy atom. The first-order chi connectivity index (χ1) is 9.56. The van der Waals surface area contributed by atoms with Gasteiger partial charge in [0, 0.05) is 5.02 Å². The molecule has 0 heterocycles. The molecule has 1 saturated carbocycles. The lowest BCUT2D eigenvalue weighted by atomic mass is 9.97. The second-order valence-electron chi connectivity index (χ2n) is 5.26. The summed E-state index contributed by atoms with van der Waals surface area (Å²) in [6.07, 6.45) is 5.41. The Bertz CT molecular complexity index is 473. The van der Waals surface area contributed by atoms with Crippen molar-refractivity contribution in [2.45, 2.75) is 51.2 Å². The van der Waals surface area contributed by atoms with Crippen LogP contribution in [-0.2, 0) is 9.53 Å². The molecule has 0 spiro atoms. The average molecular weight is 297 g/mol. The van der Waals surface area contributed by atoms with Crippen LogP contribution in [0.2, 0.25) is 5.02 Å². The van der Waals surface area contributed by atoms with E-state index in [-0.39, 0.29) is 12.0 Å². The zero-order valence-corrected chi connectivity index (χ0v) is 12.5. The number of halogens is 1. The SMILES string of the molecule is CC(OC1CCCCC1)C(=O)Nc1cc(Cl)ccc1N. The normalized spacial score (nSPS) is 17.7. The molecule has 2 rings (SSSR count). The van der Waals surface area contributed by atoms with Gasteiger partial charge in [0.15, 0.2) is 0 Å². The van der Waals surface area contributed by atoms with Gasteiger partial charge < -0.3 is 15.8 Å². The second-order valence-corrected chi connectivity index (χ2v) is 5.70. The first-order valence-corrected chi connectivity index (χ1v) is 7.45. The van der Waals surface area contributed by atoms with E-state index in [1.807, 2.05) is 0 Å². The number of hydrogen-bond donors (Lipinski definition) is 2. The summed E-state index contributed by atoms with van der Waals surface area (Å²) in [6, 6.07) is 5.00. The zero-order chi connectivity index (χ0) is 14.5. The first kappa shape index (κ1) is 15.1. The van der Waals surface area contributed by atoms with E-state index in [1.54, 1.807) is 25.1 Å². The predicted octanol–water partition coefficient (Wildman–Crippen LogP) is 3.60. The minimum Gasteiger partial charge on any atom is -0.397 e. The molecule has 1 amide bonds. The van der Waals surface area contributed by atoms with Crippen LogP contribution < -0.4 is 11.1 Å². The molecule has 3 N–H and O–H groups in total. The van der Waals surface area contributed by atoms with Gasteiger partial charge in [-0.2, -0.15) is 0 Å². The lowest BCUT2D eigenvalue weighted by molar-refractivity contribution is -0.131. The zero-order valence-electron chi connectivity index (χ0n) is 11.7. The molecule has 1 unspecified atom stereocenters. The Morgan fingerprint density at radius 1 is 1.40 bits per heavy atom. The molecular formula is C15H21ClN2O2. The van der Waals surface area contributed by atoms with Crippen LogP contribution in [0.3, 0.4) is 0 Å². The van der Waals surface area contributed by atoms with E-state index in [0.717, 1.165) is 12.8 Å². The van der Waals surface area contributed by atoms with Crippen molar-refractivity contribution in [1.82, 2.24) is 0 Å². The van der Waals surface area contributed by atoms with Gasteiger partial charge in [0.2, 0.25) is 0 Å². The Labute approximate surface area is 124 Å². The van der Waals surface area contributed by atoms with E-state index >= 15 is 0 Å². The fourth-order valence-electron chi connectivity index (χ4n) is 2.42. The third-order valence-electron chi connectivity index (χ3n) is 3.59. The summed E-state index contributed by atoms with van der Waals surface area (Å²) in [6.45, 7) is 1.77. The number of carbonyl (C=O) groups excluding carboxylic acids is 1. The number of nitrogens with one attached hydrogen (secondary N) is 1. The van der Waals surface area contributed by atoms with Crippen LogP contribution in [0.5, 0.6) is 0 Å². The molecule has 0 aliphatic heterocycles. The third-order valence-corrected chi connectivity index (χ3v) is 3.83. The van der Waals surface area contributed by atoms with Gasteiger partial charge in [0.1, 0.15) is 6.10 Å². The lowest BCUT2D eigenvalue weighted by Gasteiger charge is -2.25. The summed E-state index contributed by atoms with van der Waals surface area (Å²) < 4.78 is 5.81. The summed E-state index contributed by atoms with van der Waals surface area (Å²) in [7, 11) is 0. The summed E-state index contributed by atoms with van der Waals surface area (Å²) >= 11 is 5.90. The summed E-state index contributed by atoms with van der Waals surface area (Å²) in [5, 5.41) is 3.30. The molecule has 1 aliphatic carbocycles. The van der Waals surface area contributed by atoms with Gasteiger partial charge in [0.05, 0.1) is 17.5 Å². The van der Waals surface area contributed by atoms with Crippen molar-refractivity contribution >= 4 is 28.9 Å². The molecule has 20 heavy (non-hydrogen) atoms. The Hall–Kier alpha value is -1.26. The number of nitrogen functional groups attached to an aromatic ring is 1. The fraction of sp³-hybridized carbons (Fsp3) is 0.533. The molecule has 1 aromatic rings. The van der Waals surface area contributed by atoms with E-state index in [1.165, 1.54) is 19.3 Å². The van der Waals surface area contributed by atoms with Crippen LogP contribution in [0.25, 0.3) is 0 Å². The molecule has 5 heteroatoms. The minimum atomic E-state index is -0.489. The molecule has 0 aromatic heterocycles. The van der Waals surface area contributed by atoms with Crippen molar-refractivity contribution in [3.05, 3.63) is 23.2 Å². The number of hydrogen-bond acceptors (Lipinski definition) is 3. The van der Waals surface area contributed by atoms with E-state index in [2.05, 4.69) is 5.32 Å². The maximum absolute atomic E-state index is 12.1. The smallest absolute Gasteiger partial charge is 0.253 e. The van der Waals surface area contributed by atoms with Crippen molar-refractivity contribution in [2.24, 2.45) is 0 Å². The highest BCUT2D eigenvalue weighted by Crippen LogP contribution is 2.24. The van der Waals surface area contributed by atoms with Gasteiger partial charge >= 0.3 is 0 Å². The van der Waals surface area contributed by atoms with Crippen LogP contribution in [0.15, 0.2) is 18.2 Å². The molecule has 1 aromatic carbocycles. The monoisotopic (exact) mass is 296 g/mol. The molecule has 1 fully saturated rings. The number of ether oxygens (including phenoxy) is 1. The van der Waals surface area contributed by atoms with Gasteiger partial charge in [-0.05, 0) is 38.0 Å². The number of nitrogens with two attached hydrogens (primary N) is 1. The second kappa shape index (κ2) is 6.95. The van der Waals surface area contributed by atoms with Crippen LogP contribution >= 0.6 is 11.6 Å². The molecule has 1 aliphatic rings. The van der Waals surface area contributed by atoms with Crippen LogP contribution in [-0.4, -0.2) is 18.1 Å². The summed E-state index contributed by atoms with van der Waals surface area (Å²) in [4.78, 5) is 12.1. The maximum atomic E-state index is 12.1. The number of rotatable bonds is 4. The fourth-order valence-corrected chi connectivity index (χ4v) is 2.59. The van der Waals surface area contributed by atoms with Crippen LogP contribution in [0.4, 0.5) is 11.4 Å². The summed E-state index contributed by atoms with van der Waals surface area (Å²) in [5.41, 5.74) is 6.83. The summed E-state index contributed by atoms with van der Waals surface area (Å²) in [5.74, 6) is -0.190. The molecule has 0 bridgehead atoms. The Kier molecular flexibility index (Phi) is 5.26. The molecule has 1 atom stereocenters. The van der Waals surface area contributed by atoms with E-state index < -0.39 is 6.10 Å². The van der Waals surface area contributed by atoms with Crippen molar-refractivity contribution in [3.8, 4) is 0 Å². The number of benzene rings is 1. The maximum Gasteiger partial charge on any atom is 0.253 e. The lowest BCUT2D eigenvalue weighted by Crippen LogP contribution is -2.32. The van der Waals surface area contributed by atoms with Gasteiger partial charge in [0.25, 0.3) is 5.91 Å². The first-order valence-electron chi connectivity index (χ1n) is 7.07. The molecule has 4 nitrogen and oxygen atoms in total. The van der Waals surface area contributed by atoms with Crippen molar-refractivity contribution in [1.29, 1.82) is 0 Å². The highest BCUT2D eigenvalue weighted by molar-refractivity contribution is 6.31. The highest BCUT2D eigenvalue weighted by atomic mass is 35.5. The standard InChI is InChI=1S/C15H21ClN2O2/c1-10(20-12-5-3-2-4-6-12)15(19)18-14-9-11(16)7-8-13(14)17/h7-10,12H,2-6,17H2,1H3,(H,18,19). The largest absolute Gasteiger partial charge is 0.397 e. The number of anilines is 2. The van der Waals surface area contributed by atoms with E-state index in [4.69, 9.17) is 22.1 Å². The highest BCUT2D eigenvalue weighted by Gasteiger charge is 2.21. The van der Waals surface area contributed by atoms with Crippen molar-refractivity contribution in [3.63, 3.8) is 0 Å². The van der Waals surface area contributed by atoms with E-state index in [9.17, 15) is 4.79 Å².